The van der Waals surface area contributed by atoms with Gasteiger partial charge < -0.3 is 4.98 Å². The van der Waals surface area contributed by atoms with Gasteiger partial charge in [-0.15, -0.1) is 0 Å². The standard InChI is InChI=1S/C19H24N4O2S/c1-11-7-13(10-26(24,25)14-3-4-14)8-15(11)18-12(2)22-17-9-21-19-16(23(17)18)5-6-20-19/h5-6,9,11,13-15,20H,3-4,7-8,10H2,1-2H3/t11-,13+,15+/m1/s1. The number of nitrogens with one attached hydrogen (secondary N) is 1. The second kappa shape index (κ2) is 5.55. The van der Waals surface area contributed by atoms with E-state index in [1.807, 2.05) is 18.5 Å². The maximum atomic E-state index is 12.4. The van der Waals surface area contributed by atoms with Crippen molar-refractivity contribution >= 4 is 26.6 Å². The molecule has 0 aromatic carbocycles. The topological polar surface area (TPSA) is 80.1 Å². The molecule has 0 amide bonds. The average molecular weight is 372 g/mol. The Morgan fingerprint density at radius 3 is 2.88 bits per heavy atom. The highest BCUT2D eigenvalue weighted by Crippen LogP contribution is 2.46. The van der Waals surface area contributed by atoms with Gasteiger partial charge >= 0.3 is 0 Å². The predicted molar refractivity (Wildman–Crippen MR) is 101 cm³/mol. The van der Waals surface area contributed by atoms with Crippen LogP contribution in [-0.4, -0.2) is 38.8 Å². The molecule has 0 unspecified atom stereocenters. The van der Waals surface area contributed by atoms with Gasteiger partial charge in [0.15, 0.2) is 21.1 Å². The average Bonchev–Trinajstić information content (AvgIpc) is 3.12. The highest BCUT2D eigenvalue weighted by atomic mass is 32.2. The van der Waals surface area contributed by atoms with Gasteiger partial charge in [-0.1, -0.05) is 6.92 Å². The number of imidazole rings is 1. The first-order chi connectivity index (χ1) is 12.4. The molecule has 2 aliphatic carbocycles. The Morgan fingerprint density at radius 2 is 2.12 bits per heavy atom. The number of H-pyrrole nitrogens is 1. The maximum Gasteiger partial charge on any atom is 0.156 e. The number of rotatable bonds is 4. The summed E-state index contributed by atoms with van der Waals surface area (Å²) < 4.78 is 27.1. The van der Waals surface area contributed by atoms with Gasteiger partial charge in [0.05, 0.1) is 28.4 Å². The smallest absolute Gasteiger partial charge is 0.156 e. The summed E-state index contributed by atoms with van der Waals surface area (Å²) in [5.41, 5.74) is 5.02. The summed E-state index contributed by atoms with van der Waals surface area (Å²) >= 11 is 0. The first-order valence-electron chi connectivity index (χ1n) is 9.46. The van der Waals surface area contributed by atoms with Crippen LogP contribution < -0.4 is 0 Å². The van der Waals surface area contributed by atoms with Crippen molar-refractivity contribution in [1.82, 2.24) is 19.4 Å². The van der Waals surface area contributed by atoms with Crippen LogP contribution in [0.15, 0.2) is 18.5 Å². The predicted octanol–water partition coefficient (Wildman–Crippen LogP) is 3.23. The Morgan fingerprint density at radius 1 is 1.31 bits per heavy atom. The molecule has 3 heterocycles. The molecule has 138 valence electrons. The van der Waals surface area contributed by atoms with Gasteiger partial charge in [-0.3, -0.25) is 4.40 Å². The van der Waals surface area contributed by atoms with Gasteiger partial charge in [0, 0.05) is 17.8 Å². The Kier molecular flexibility index (Phi) is 3.48. The summed E-state index contributed by atoms with van der Waals surface area (Å²) in [4.78, 5) is 12.3. The minimum Gasteiger partial charge on any atom is -0.345 e. The van der Waals surface area contributed by atoms with Crippen LogP contribution in [0.4, 0.5) is 0 Å². The fourth-order valence-corrected chi connectivity index (χ4v) is 6.94. The van der Waals surface area contributed by atoms with Crippen molar-refractivity contribution in [3.63, 3.8) is 0 Å². The van der Waals surface area contributed by atoms with Crippen LogP contribution in [0.1, 0.15) is 49.9 Å². The van der Waals surface area contributed by atoms with E-state index in [4.69, 9.17) is 4.98 Å². The zero-order chi connectivity index (χ0) is 18.1. The maximum absolute atomic E-state index is 12.4. The van der Waals surface area contributed by atoms with Gasteiger partial charge in [0.2, 0.25) is 0 Å². The summed E-state index contributed by atoms with van der Waals surface area (Å²) in [5, 5.41) is -0.0556. The molecule has 5 rings (SSSR count). The van der Waals surface area contributed by atoms with Crippen LogP contribution in [0.2, 0.25) is 0 Å². The van der Waals surface area contributed by atoms with Crippen molar-refractivity contribution in [2.24, 2.45) is 11.8 Å². The van der Waals surface area contributed by atoms with Gasteiger partial charge in [-0.2, -0.15) is 0 Å². The largest absolute Gasteiger partial charge is 0.345 e. The fourth-order valence-electron chi connectivity index (χ4n) is 4.88. The molecular weight excluding hydrogens is 348 g/mol. The van der Waals surface area contributed by atoms with E-state index in [0.717, 1.165) is 48.2 Å². The molecule has 3 atom stereocenters. The Hall–Kier alpha value is -1.89. The van der Waals surface area contributed by atoms with E-state index < -0.39 is 9.84 Å². The number of hydrogen-bond acceptors (Lipinski definition) is 4. The molecule has 0 saturated heterocycles. The molecule has 0 bridgehead atoms. The van der Waals surface area contributed by atoms with E-state index >= 15 is 0 Å². The second-order valence-corrected chi connectivity index (χ2v) is 10.5. The fraction of sp³-hybridized carbons (Fsp3) is 0.579. The van der Waals surface area contributed by atoms with Crippen LogP contribution in [0, 0.1) is 18.8 Å². The first kappa shape index (κ1) is 16.3. The molecule has 3 aromatic heterocycles. The molecule has 0 aliphatic heterocycles. The van der Waals surface area contributed by atoms with Crippen molar-refractivity contribution in [3.05, 3.63) is 29.8 Å². The van der Waals surface area contributed by atoms with Crippen LogP contribution in [0.25, 0.3) is 16.8 Å². The molecule has 26 heavy (non-hydrogen) atoms. The number of fused-ring (bicyclic) bond motifs is 3. The Bertz CT molecular complexity index is 1090. The number of nitrogens with zero attached hydrogens (tertiary/aromatic N) is 3. The van der Waals surface area contributed by atoms with E-state index in [1.54, 1.807) is 0 Å². The van der Waals surface area contributed by atoms with Crippen molar-refractivity contribution in [2.75, 3.05) is 5.75 Å². The van der Waals surface area contributed by atoms with Crippen LogP contribution >= 0.6 is 0 Å². The molecule has 2 fully saturated rings. The quantitative estimate of drug-likeness (QED) is 0.762. The third-order valence-electron chi connectivity index (χ3n) is 6.21. The minimum absolute atomic E-state index is 0.0556. The molecule has 0 spiro atoms. The van der Waals surface area contributed by atoms with Crippen molar-refractivity contribution < 1.29 is 8.42 Å². The second-order valence-electron chi connectivity index (χ2n) is 8.20. The van der Waals surface area contributed by atoms with Gasteiger partial charge in [0.25, 0.3) is 0 Å². The van der Waals surface area contributed by atoms with Crippen molar-refractivity contribution in [2.45, 2.75) is 50.7 Å². The third-order valence-corrected chi connectivity index (χ3v) is 8.63. The van der Waals surface area contributed by atoms with Crippen molar-refractivity contribution in [3.8, 4) is 0 Å². The van der Waals surface area contributed by atoms with E-state index in [2.05, 4.69) is 28.2 Å². The Labute approximate surface area is 153 Å². The lowest BCUT2D eigenvalue weighted by Gasteiger charge is -2.16. The van der Waals surface area contributed by atoms with Crippen molar-refractivity contribution in [1.29, 1.82) is 0 Å². The van der Waals surface area contributed by atoms with E-state index in [0.29, 0.717) is 17.6 Å². The molecular formula is C19H24N4O2S. The first-order valence-corrected chi connectivity index (χ1v) is 11.2. The van der Waals surface area contributed by atoms with E-state index in [1.165, 1.54) is 5.69 Å². The number of aromatic amines is 1. The summed E-state index contributed by atoms with van der Waals surface area (Å²) in [6.45, 7) is 4.31. The minimum atomic E-state index is -2.90. The third kappa shape index (κ3) is 2.47. The zero-order valence-electron chi connectivity index (χ0n) is 15.1. The molecule has 7 heteroatoms. The van der Waals surface area contributed by atoms with Crippen LogP contribution in [0.3, 0.4) is 0 Å². The molecule has 3 aromatic rings. The van der Waals surface area contributed by atoms with E-state index in [-0.39, 0.29) is 11.2 Å². The number of aryl methyl sites for hydroxylation is 1. The van der Waals surface area contributed by atoms with Crippen LogP contribution in [-0.2, 0) is 9.84 Å². The Balaban J connectivity index is 1.53. The lowest BCUT2D eigenvalue weighted by molar-refractivity contribution is 0.513. The lowest BCUT2D eigenvalue weighted by atomic mass is 9.93. The molecule has 2 aliphatic rings. The van der Waals surface area contributed by atoms with Gasteiger partial charge in [-0.05, 0) is 50.5 Å². The molecule has 1 N–H and O–H groups in total. The zero-order valence-corrected chi connectivity index (χ0v) is 16.0. The summed E-state index contributed by atoms with van der Waals surface area (Å²) in [6.07, 6.45) is 7.34. The molecule has 2 saturated carbocycles. The monoisotopic (exact) mass is 372 g/mol. The summed E-state index contributed by atoms with van der Waals surface area (Å²) in [5.74, 6) is 1.41. The van der Waals surface area contributed by atoms with Crippen LogP contribution in [0.5, 0.6) is 0 Å². The summed E-state index contributed by atoms with van der Waals surface area (Å²) in [6, 6.07) is 2.04. The normalized spacial score (nSPS) is 26.9. The highest BCUT2D eigenvalue weighted by molar-refractivity contribution is 7.92. The highest BCUT2D eigenvalue weighted by Gasteiger charge is 2.41. The lowest BCUT2D eigenvalue weighted by Crippen LogP contribution is -2.18. The SMILES string of the molecule is Cc1nc2cnc3[nH]ccc3n2c1[C@H]1C[C@@H](CS(=O)(=O)C2CC2)C[C@H]1C. The molecule has 0 radical (unpaired) electrons. The van der Waals surface area contributed by atoms with Gasteiger partial charge in [-0.25, -0.2) is 18.4 Å². The number of sulfone groups is 1. The van der Waals surface area contributed by atoms with Gasteiger partial charge in [0.1, 0.15) is 0 Å². The summed E-state index contributed by atoms with van der Waals surface area (Å²) in [7, 11) is -2.90. The molecule has 6 nitrogen and oxygen atoms in total. The number of aromatic nitrogens is 4. The van der Waals surface area contributed by atoms with E-state index in [9.17, 15) is 8.42 Å². The number of hydrogen-bond donors (Lipinski definition) is 1.